The van der Waals surface area contributed by atoms with E-state index in [-0.39, 0.29) is 12.1 Å². The van der Waals surface area contributed by atoms with Crippen molar-refractivity contribution in [3.8, 4) is 0 Å². The van der Waals surface area contributed by atoms with Crippen LogP contribution in [0, 0.1) is 0 Å². The predicted molar refractivity (Wildman–Crippen MR) is 65.1 cm³/mol. The van der Waals surface area contributed by atoms with Gasteiger partial charge in [-0.25, -0.2) is 0 Å². The zero-order chi connectivity index (χ0) is 13.2. The predicted octanol–water partition coefficient (Wildman–Crippen LogP) is 1.39. The third-order valence-corrected chi connectivity index (χ3v) is 3.21. The molecule has 0 aromatic carbocycles. The van der Waals surface area contributed by atoms with Gasteiger partial charge in [-0.2, -0.15) is 4.98 Å². The molecule has 0 saturated carbocycles. The standard InChI is InChI=1S/C12H21N3O3/c1-5-17-12(2,3)11-14-10(18-15-11)9-6-8(16-4)7-13-9/h8-9,13H,5-7H2,1-4H3/t8-,9+/m0/s1. The van der Waals surface area contributed by atoms with Crippen molar-refractivity contribution in [3.63, 3.8) is 0 Å². The number of rotatable bonds is 5. The van der Waals surface area contributed by atoms with Crippen LogP contribution in [0.25, 0.3) is 0 Å². The second-order valence-electron chi connectivity index (χ2n) is 4.95. The van der Waals surface area contributed by atoms with Crippen LogP contribution in [0.3, 0.4) is 0 Å². The van der Waals surface area contributed by atoms with Crippen molar-refractivity contribution < 1.29 is 14.0 Å². The molecule has 1 N–H and O–H groups in total. The fourth-order valence-electron chi connectivity index (χ4n) is 2.12. The van der Waals surface area contributed by atoms with Crippen molar-refractivity contribution in [3.05, 3.63) is 11.7 Å². The van der Waals surface area contributed by atoms with E-state index < -0.39 is 5.60 Å². The third-order valence-electron chi connectivity index (χ3n) is 3.21. The zero-order valence-electron chi connectivity index (χ0n) is 11.4. The fourth-order valence-corrected chi connectivity index (χ4v) is 2.12. The van der Waals surface area contributed by atoms with Crippen LogP contribution in [0.2, 0.25) is 0 Å². The fraction of sp³-hybridized carbons (Fsp3) is 0.833. The van der Waals surface area contributed by atoms with Crippen molar-refractivity contribution in [2.24, 2.45) is 0 Å². The summed E-state index contributed by atoms with van der Waals surface area (Å²) in [4.78, 5) is 4.43. The molecule has 0 amide bonds. The van der Waals surface area contributed by atoms with Gasteiger partial charge >= 0.3 is 0 Å². The van der Waals surface area contributed by atoms with Crippen molar-refractivity contribution >= 4 is 0 Å². The van der Waals surface area contributed by atoms with Gasteiger partial charge in [0.25, 0.3) is 0 Å². The summed E-state index contributed by atoms with van der Waals surface area (Å²) in [5, 5.41) is 7.32. The Labute approximate surface area is 107 Å². The molecule has 0 radical (unpaired) electrons. The smallest absolute Gasteiger partial charge is 0.243 e. The van der Waals surface area contributed by atoms with E-state index in [1.54, 1.807) is 7.11 Å². The molecule has 2 atom stereocenters. The van der Waals surface area contributed by atoms with Gasteiger partial charge in [0.2, 0.25) is 11.7 Å². The average molecular weight is 255 g/mol. The maximum Gasteiger partial charge on any atom is 0.243 e. The summed E-state index contributed by atoms with van der Waals surface area (Å²) < 4.78 is 16.2. The molecule has 0 bridgehead atoms. The molecule has 0 spiro atoms. The molecule has 1 fully saturated rings. The lowest BCUT2D eigenvalue weighted by molar-refractivity contribution is -0.0221. The van der Waals surface area contributed by atoms with Crippen molar-refractivity contribution in [1.82, 2.24) is 15.5 Å². The van der Waals surface area contributed by atoms with Crippen LogP contribution >= 0.6 is 0 Å². The minimum atomic E-state index is -0.518. The van der Waals surface area contributed by atoms with Crippen LogP contribution < -0.4 is 5.32 Å². The number of ether oxygens (including phenoxy) is 2. The normalized spacial score (nSPS) is 24.7. The molecule has 1 aromatic rings. The molecule has 6 nitrogen and oxygen atoms in total. The zero-order valence-corrected chi connectivity index (χ0v) is 11.4. The molecule has 1 aromatic heterocycles. The van der Waals surface area contributed by atoms with Gasteiger partial charge in [-0.1, -0.05) is 5.16 Å². The Hall–Kier alpha value is -0.980. The van der Waals surface area contributed by atoms with Gasteiger partial charge < -0.3 is 19.3 Å². The molecular formula is C12H21N3O3. The minimum absolute atomic E-state index is 0.0774. The van der Waals surface area contributed by atoms with E-state index >= 15 is 0 Å². The number of nitrogens with one attached hydrogen (secondary N) is 1. The summed E-state index contributed by atoms with van der Waals surface area (Å²) in [6, 6.07) is 0.0774. The maximum atomic E-state index is 5.60. The van der Waals surface area contributed by atoms with Gasteiger partial charge in [0.15, 0.2) is 0 Å². The Morgan fingerprint density at radius 1 is 1.50 bits per heavy atom. The van der Waals surface area contributed by atoms with Gasteiger partial charge in [0.1, 0.15) is 5.60 Å². The Morgan fingerprint density at radius 2 is 2.28 bits per heavy atom. The minimum Gasteiger partial charge on any atom is -0.380 e. The lowest BCUT2D eigenvalue weighted by Crippen LogP contribution is -2.23. The monoisotopic (exact) mass is 255 g/mol. The highest BCUT2D eigenvalue weighted by atomic mass is 16.5. The molecular weight excluding hydrogens is 234 g/mol. The van der Waals surface area contributed by atoms with E-state index in [4.69, 9.17) is 14.0 Å². The molecule has 6 heteroatoms. The van der Waals surface area contributed by atoms with Crippen molar-refractivity contribution in [2.45, 2.75) is 44.9 Å². The van der Waals surface area contributed by atoms with Crippen molar-refractivity contribution in [2.75, 3.05) is 20.3 Å². The molecule has 1 aliphatic heterocycles. The van der Waals surface area contributed by atoms with E-state index in [1.165, 1.54) is 0 Å². The number of hydrogen-bond acceptors (Lipinski definition) is 6. The van der Waals surface area contributed by atoms with Gasteiger partial charge in [-0.3, -0.25) is 0 Å². The first-order valence-electron chi connectivity index (χ1n) is 6.31. The first kappa shape index (κ1) is 13.5. The Bertz CT molecular complexity index is 392. The van der Waals surface area contributed by atoms with Crippen LogP contribution in [0.5, 0.6) is 0 Å². The summed E-state index contributed by atoms with van der Waals surface area (Å²) >= 11 is 0. The molecule has 0 unspecified atom stereocenters. The van der Waals surface area contributed by atoms with Gasteiger partial charge in [0.05, 0.1) is 12.1 Å². The number of aromatic nitrogens is 2. The van der Waals surface area contributed by atoms with Crippen LogP contribution in [0.1, 0.15) is 44.9 Å². The number of methoxy groups -OCH3 is 1. The molecule has 2 heterocycles. The molecule has 0 aliphatic carbocycles. The lowest BCUT2D eigenvalue weighted by Gasteiger charge is -2.19. The highest BCUT2D eigenvalue weighted by Crippen LogP contribution is 2.27. The Morgan fingerprint density at radius 3 is 2.89 bits per heavy atom. The first-order chi connectivity index (χ1) is 8.56. The quantitative estimate of drug-likeness (QED) is 0.857. The maximum absolute atomic E-state index is 5.60. The van der Waals surface area contributed by atoms with Crippen molar-refractivity contribution in [1.29, 1.82) is 0 Å². The molecule has 18 heavy (non-hydrogen) atoms. The highest BCUT2D eigenvalue weighted by molar-refractivity contribution is 5.02. The van der Waals surface area contributed by atoms with Crippen LogP contribution in [0.4, 0.5) is 0 Å². The molecule has 1 saturated heterocycles. The van der Waals surface area contributed by atoms with E-state index in [0.717, 1.165) is 13.0 Å². The van der Waals surface area contributed by atoms with E-state index in [2.05, 4.69) is 15.5 Å². The Kier molecular flexibility index (Phi) is 3.99. The second kappa shape index (κ2) is 5.34. The van der Waals surface area contributed by atoms with Crippen LogP contribution in [0.15, 0.2) is 4.52 Å². The summed E-state index contributed by atoms with van der Waals surface area (Å²) in [6.45, 7) is 7.25. The second-order valence-corrected chi connectivity index (χ2v) is 4.95. The summed E-state index contributed by atoms with van der Waals surface area (Å²) in [5.74, 6) is 1.19. The largest absolute Gasteiger partial charge is 0.380 e. The summed E-state index contributed by atoms with van der Waals surface area (Å²) in [6.07, 6.45) is 1.07. The summed E-state index contributed by atoms with van der Waals surface area (Å²) in [5.41, 5.74) is -0.518. The lowest BCUT2D eigenvalue weighted by atomic mass is 10.1. The molecule has 1 aliphatic rings. The van der Waals surface area contributed by atoms with Crippen LogP contribution in [-0.4, -0.2) is 36.5 Å². The number of nitrogens with zero attached hydrogens (tertiary/aromatic N) is 2. The van der Waals surface area contributed by atoms with Gasteiger partial charge in [-0.15, -0.1) is 0 Å². The molecule has 2 rings (SSSR count). The van der Waals surface area contributed by atoms with Gasteiger partial charge in [0, 0.05) is 20.3 Å². The highest BCUT2D eigenvalue weighted by Gasteiger charge is 2.32. The average Bonchev–Trinajstić information content (AvgIpc) is 2.98. The number of hydrogen-bond donors (Lipinski definition) is 1. The van der Waals surface area contributed by atoms with Gasteiger partial charge in [-0.05, 0) is 27.2 Å². The van der Waals surface area contributed by atoms with E-state index in [9.17, 15) is 0 Å². The SMILES string of the molecule is CCOC(C)(C)c1noc([C@H]2C[C@H](OC)CN2)n1. The Balaban J connectivity index is 2.07. The topological polar surface area (TPSA) is 69.4 Å². The van der Waals surface area contributed by atoms with Crippen LogP contribution in [-0.2, 0) is 15.1 Å². The van der Waals surface area contributed by atoms with E-state index in [0.29, 0.717) is 18.3 Å². The summed E-state index contributed by atoms with van der Waals surface area (Å²) in [7, 11) is 1.71. The van der Waals surface area contributed by atoms with E-state index in [1.807, 2.05) is 20.8 Å². The molecule has 102 valence electrons. The first-order valence-corrected chi connectivity index (χ1v) is 6.31. The third kappa shape index (κ3) is 2.71.